The summed E-state index contributed by atoms with van der Waals surface area (Å²) in [7, 11) is 0. The summed E-state index contributed by atoms with van der Waals surface area (Å²) >= 11 is 0. The average Bonchev–Trinajstić information content (AvgIpc) is 2.78. The van der Waals surface area contributed by atoms with Gasteiger partial charge in [0.25, 0.3) is 0 Å². The third kappa shape index (κ3) is 4.00. The van der Waals surface area contributed by atoms with Crippen LogP contribution >= 0.6 is 0 Å². The summed E-state index contributed by atoms with van der Waals surface area (Å²) in [6, 6.07) is 0. The molecule has 1 unspecified atom stereocenters. The van der Waals surface area contributed by atoms with Crippen molar-refractivity contribution < 1.29 is 14.7 Å². The number of carbonyl (C=O) groups excluding carboxylic acids is 1. The van der Waals surface area contributed by atoms with Crippen LogP contribution in [0.3, 0.4) is 0 Å². The second-order valence-corrected chi connectivity index (χ2v) is 6.12. The van der Waals surface area contributed by atoms with Crippen LogP contribution in [0, 0.1) is 17.3 Å². The van der Waals surface area contributed by atoms with Crippen molar-refractivity contribution in [2.24, 2.45) is 17.3 Å². The molecule has 0 aliphatic heterocycles. The molecular weight excluding hydrogens is 230 g/mol. The maximum Gasteiger partial charge on any atom is 0.303 e. The van der Waals surface area contributed by atoms with Crippen LogP contribution in [0.4, 0.5) is 0 Å². The summed E-state index contributed by atoms with van der Waals surface area (Å²) in [6.07, 6.45) is 4.80. The zero-order valence-electron chi connectivity index (χ0n) is 11.7. The Morgan fingerprint density at radius 3 is 2.39 bits per heavy atom. The Hall–Kier alpha value is -1.06. The molecule has 1 rings (SSSR count). The van der Waals surface area contributed by atoms with E-state index in [1.54, 1.807) is 0 Å². The van der Waals surface area contributed by atoms with E-state index < -0.39 is 5.97 Å². The van der Waals surface area contributed by atoms with Crippen LogP contribution < -0.4 is 5.32 Å². The Morgan fingerprint density at radius 2 is 1.89 bits per heavy atom. The molecule has 1 saturated carbocycles. The quantitative estimate of drug-likeness (QED) is 0.766. The van der Waals surface area contributed by atoms with Gasteiger partial charge in [0.05, 0.1) is 0 Å². The summed E-state index contributed by atoms with van der Waals surface area (Å²) in [5.74, 6) is -0.309. The number of carboxylic acid groups (broad SMARTS) is 1. The Labute approximate surface area is 109 Å². The molecule has 1 atom stereocenters. The van der Waals surface area contributed by atoms with E-state index in [0.717, 1.165) is 12.8 Å². The van der Waals surface area contributed by atoms with Crippen molar-refractivity contribution in [2.75, 3.05) is 6.54 Å². The highest BCUT2D eigenvalue weighted by Crippen LogP contribution is 2.39. The average molecular weight is 255 g/mol. The Balaban J connectivity index is 2.41. The SMILES string of the molecule is CC(CNC(=O)C(C)(C)C1CCCC1)CC(=O)O. The number of hydrogen-bond donors (Lipinski definition) is 2. The number of rotatable bonds is 6. The van der Waals surface area contributed by atoms with Gasteiger partial charge in [-0.25, -0.2) is 0 Å². The predicted octanol–water partition coefficient (Wildman–Crippen LogP) is 2.43. The van der Waals surface area contributed by atoms with Gasteiger partial charge >= 0.3 is 5.97 Å². The van der Waals surface area contributed by atoms with Crippen molar-refractivity contribution in [3.8, 4) is 0 Å². The molecule has 0 heterocycles. The van der Waals surface area contributed by atoms with E-state index in [0.29, 0.717) is 12.5 Å². The molecule has 1 fully saturated rings. The summed E-state index contributed by atoms with van der Waals surface area (Å²) in [4.78, 5) is 22.7. The van der Waals surface area contributed by atoms with Crippen molar-refractivity contribution in [3.05, 3.63) is 0 Å². The molecule has 4 nitrogen and oxygen atoms in total. The maximum absolute atomic E-state index is 12.2. The fraction of sp³-hybridized carbons (Fsp3) is 0.857. The Bertz CT molecular complexity index is 306. The van der Waals surface area contributed by atoms with E-state index in [1.165, 1.54) is 12.8 Å². The summed E-state index contributed by atoms with van der Waals surface area (Å²) in [5, 5.41) is 11.6. The molecule has 104 valence electrons. The van der Waals surface area contributed by atoms with E-state index in [9.17, 15) is 9.59 Å². The minimum Gasteiger partial charge on any atom is -0.481 e. The molecule has 0 radical (unpaired) electrons. The molecule has 0 aromatic heterocycles. The van der Waals surface area contributed by atoms with E-state index in [1.807, 2.05) is 20.8 Å². The van der Waals surface area contributed by atoms with Crippen LogP contribution in [-0.4, -0.2) is 23.5 Å². The predicted molar refractivity (Wildman–Crippen MR) is 70.2 cm³/mol. The van der Waals surface area contributed by atoms with Crippen molar-refractivity contribution in [1.29, 1.82) is 0 Å². The molecule has 2 N–H and O–H groups in total. The number of amides is 1. The minimum atomic E-state index is -0.813. The van der Waals surface area contributed by atoms with Crippen LogP contribution in [0.5, 0.6) is 0 Å². The number of carboxylic acids is 1. The fourth-order valence-electron chi connectivity index (χ4n) is 2.70. The van der Waals surface area contributed by atoms with Gasteiger partial charge < -0.3 is 10.4 Å². The fourth-order valence-corrected chi connectivity index (χ4v) is 2.70. The zero-order chi connectivity index (χ0) is 13.8. The molecule has 0 saturated heterocycles. The van der Waals surface area contributed by atoms with E-state index in [-0.39, 0.29) is 23.7 Å². The van der Waals surface area contributed by atoms with Gasteiger partial charge in [-0.3, -0.25) is 9.59 Å². The third-order valence-electron chi connectivity index (χ3n) is 4.10. The number of carbonyl (C=O) groups is 2. The first-order chi connectivity index (χ1) is 8.34. The van der Waals surface area contributed by atoms with Crippen molar-refractivity contribution in [3.63, 3.8) is 0 Å². The molecular formula is C14H25NO3. The second kappa shape index (κ2) is 6.21. The highest BCUT2D eigenvalue weighted by atomic mass is 16.4. The van der Waals surface area contributed by atoms with Gasteiger partial charge in [-0.2, -0.15) is 0 Å². The maximum atomic E-state index is 12.2. The van der Waals surface area contributed by atoms with Crippen LogP contribution in [0.2, 0.25) is 0 Å². The number of aliphatic carboxylic acids is 1. The summed E-state index contributed by atoms with van der Waals surface area (Å²) < 4.78 is 0. The summed E-state index contributed by atoms with van der Waals surface area (Å²) in [5.41, 5.74) is -0.334. The largest absolute Gasteiger partial charge is 0.481 e. The van der Waals surface area contributed by atoms with Crippen LogP contribution in [0.25, 0.3) is 0 Å². The Kier molecular flexibility index (Phi) is 5.17. The molecule has 4 heteroatoms. The molecule has 18 heavy (non-hydrogen) atoms. The highest BCUT2D eigenvalue weighted by Gasteiger charge is 2.37. The molecule has 0 aromatic rings. The van der Waals surface area contributed by atoms with Gasteiger partial charge in [0.1, 0.15) is 0 Å². The lowest BCUT2D eigenvalue weighted by Gasteiger charge is -2.30. The van der Waals surface area contributed by atoms with E-state index in [2.05, 4.69) is 5.32 Å². The first kappa shape index (κ1) is 15.0. The molecule has 0 bridgehead atoms. The molecule has 0 aromatic carbocycles. The smallest absolute Gasteiger partial charge is 0.303 e. The van der Waals surface area contributed by atoms with Crippen LogP contribution in [0.15, 0.2) is 0 Å². The van der Waals surface area contributed by atoms with Gasteiger partial charge in [-0.1, -0.05) is 33.6 Å². The van der Waals surface area contributed by atoms with Crippen molar-refractivity contribution in [2.45, 2.75) is 52.9 Å². The van der Waals surface area contributed by atoms with Crippen LogP contribution in [0.1, 0.15) is 52.9 Å². The topological polar surface area (TPSA) is 66.4 Å². The second-order valence-electron chi connectivity index (χ2n) is 6.12. The van der Waals surface area contributed by atoms with Gasteiger partial charge in [0, 0.05) is 18.4 Å². The van der Waals surface area contributed by atoms with Crippen molar-refractivity contribution in [1.82, 2.24) is 5.32 Å². The minimum absolute atomic E-state index is 0.0224. The van der Waals surface area contributed by atoms with Gasteiger partial charge in [-0.15, -0.1) is 0 Å². The van der Waals surface area contributed by atoms with Crippen LogP contribution in [-0.2, 0) is 9.59 Å². The highest BCUT2D eigenvalue weighted by molar-refractivity contribution is 5.82. The molecule has 1 amide bonds. The van der Waals surface area contributed by atoms with E-state index in [4.69, 9.17) is 5.11 Å². The lowest BCUT2D eigenvalue weighted by atomic mass is 9.77. The summed E-state index contributed by atoms with van der Waals surface area (Å²) in [6.45, 7) is 6.29. The van der Waals surface area contributed by atoms with Crippen molar-refractivity contribution >= 4 is 11.9 Å². The third-order valence-corrected chi connectivity index (χ3v) is 4.10. The first-order valence-corrected chi connectivity index (χ1v) is 6.84. The normalized spacial score (nSPS) is 18.6. The van der Waals surface area contributed by atoms with Gasteiger partial charge in [-0.05, 0) is 24.7 Å². The van der Waals surface area contributed by atoms with Gasteiger partial charge in [0.15, 0.2) is 0 Å². The Morgan fingerprint density at radius 1 is 1.33 bits per heavy atom. The number of nitrogens with one attached hydrogen (secondary N) is 1. The van der Waals surface area contributed by atoms with Gasteiger partial charge in [0.2, 0.25) is 5.91 Å². The first-order valence-electron chi connectivity index (χ1n) is 6.84. The monoisotopic (exact) mass is 255 g/mol. The molecule has 0 spiro atoms. The molecule has 1 aliphatic rings. The standard InChI is InChI=1S/C14H25NO3/c1-10(8-12(16)17)9-15-13(18)14(2,3)11-6-4-5-7-11/h10-11H,4-9H2,1-3H3,(H,15,18)(H,16,17). The lowest BCUT2D eigenvalue weighted by Crippen LogP contribution is -2.42. The van der Waals surface area contributed by atoms with E-state index >= 15 is 0 Å². The number of hydrogen-bond acceptors (Lipinski definition) is 2. The lowest BCUT2D eigenvalue weighted by molar-refractivity contribution is -0.138. The zero-order valence-corrected chi connectivity index (χ0v) is 11.7. The molecule has 1 aliphatic carbocycles.